The molecule has 5 heteroatoms. The molecule has 1 heterocycles. The topological polar surface area (TPSA) is 70.0 Å². The van der Waals surface area contributed by atoms with E-state index in [0.717, 1.165) is 32.2 Å². The Bertz CT molecular complexity index is 368. The minimum atomic E-state index is -1.23. The summed E-state index contributed by atoms with van der Waals surface area (Å²) in [7, 11) is 0. The van der Waals surface area contributed by atoms with E-state index in [9.17, 15) is 4.79 Å². The maximum atomic E-state index is 9.45. The first-order valence-electron chi connectivity index (χ1n) is 12.6. The van der Waals surface area contributed by atoms with E-state index in [-0.39, 0.29) is 0 Å². The van der Waals surface area contributed by atoms with Crippen LogP contribution < -0.4 is 0 Å². The van der Waals surface area contributed by atoms with Crippen LogP contribution >= 0.6 is 0 Å². The van der Waals surface area contributed by atoms with Crippen LogP contribution in [0.2, 0.25) is 0 Å². The molecule has 1 fully saturated rings. The quantitative estimate of drug-likeness (QED) is 0.282. The third kappa shape index (κ3) is 22.0. The van der Waals surface area contributed by atoms with E-state index < -0.39 is 12.1 Å². The van der Waals surface area contributed by atoms with Crippen LogP contribution in [0.5, 0.6) is 0 Å². The predicted molar refractivity (Wildman–Crippen MR) is 126 cm³/mol. The third-order valence-electron chi connectivity index (χ3n) is 5.72. The summed E-state index contributed by atoms with van der Waals surface area (Å²) in [6.07, 6.45) is 19.1. The van der Waals surface area contributed by atoms with Crippen LogP contribution in [0.1, 0.15) is 111 Å². The number of aliphatic hydroxyl groups excluding tert-OH is 1. The summed E-state index contributed by atoms with van der Waals surface area (Å²) in [5.41, 5.74) is 0. The number of unbranched alkanes of at least 4 members (excludes halogenated alkanes) is 12. The summed E-state index contributed by atoms with van der Waals surface area (Å²) in [6.45, 7) is 11.3. The highest BCUT2D eigenvalue weighted by molar-refractivity contribution is 5.71. The predicted octanol–water partition coefficient (Wildman–Crippen LogP) is 5.89. The molecule has 0 aliphatic carbocycles. The van der Waals surface area contributed by atoms with Gasteiger partial charge < -0.3 is 14.9 Å². The molecule has 0 bridgehead atoms. The van der Waals surface area contributed by atoms with E-state index >= 15 is 0 Å². The van der Waals surface area contributed by atoms with E-state index in [1.165, 1.54) is 103 Å². The average Bonchev–Trinajstić information content (AvgIpc) is 2.71. The number of hydrogen-bond donors (Lipinski definition) is 2. The first-order chi connectivity index (χ1) is 14.4. The Morgan fingerprint density at radius 1 is 0.767 bits per heavy atom. The fourth-order valence-corrected chi connectivity index (χ4v) is 3.66. The summed E-state index contributed by atoms with van der Waals surface area (Å²) in [5, 5.41) is 15.8. The fraction of sp³-hybridized carbons (Fsp3) is 0.960. The molecule has 1 aliphatic heterocycles. The molecule has 0 spiro atoms. The van der Waals surface area contributed by atoms with E-state index in [1.807, 2.05) is 0 Å². The molecule has 0 amide bonds. The Balaban J connectivity index is 0.00000122. The number of nitrogens with zero attached hydrogens (tertiary/aromatic N) is 1. The molecule has 0 aromatic carbocycles. The Morgan fingerprint density at radius 3 is 1.50 bits per heavy atom. The lowest BCUT2D eigenvalue weighted by atomic mass is 10.0. The van der Waals surface area contributed by atoms with Crippen LogP contribution in [0, 0.1) is 5.92 Å². The zero-order chi connectivity index (χ0) is 22.5. The maximum absolute atomic E-state index is 9.45. The Morgan fingerprint density at radius 2 is 1.13 bits per heavy atom. The van der Waals surface area contributed by atoms with Gasteiger partial charge in [-0.2, -0.15) is 0 Å². The second kappa shape index (κ2) is 21.6. The van der Waals surface area contributed by atoms with E-state index in [2.05, 4.69) is 18.7 Å². The van der Waals surface area contributed by atoms with Gasteiger partial charge >= 0.3 is 5.97 Å². The van der Waals surface area contributed by atoms with Gasteiger partial charge in [-0.1, -0.05) is 97.3 Å². The first kappa shape index (κ1) is 29.4. The summed E-state index contributed by atoms with van der Waals surface area (Å²) >= 11 is 0. The number of ether oxygens (including phenoxy) is 1. The van der Waals surface area contributed by atoms with E-state index in [0.29, 0.717) is 0 Å². The number of carboxylic acids is 1. The van der Waals surface area contributed by atoms with Crippen LogP contribution in [-0.4, -0.2) is 60.0 Å². The van der Waals surface area contributed by atoms with Crippen molar-refractivity contribution in [2.45, 2.75) is 117 Å². The van der Waals surface area contributed by atoms with Gasteiger partial charge in [-0.05, 0) is 25.8 Å². The minimum Gasteiger partial charge on any atom is -0.479 e. The summed E-state index contributed by atoms with van der Waals surface area (Å²) in [5.74, 6) is -0.292. The molecule has 0 saturated carbocycles. The standard InChI is InChI=1S/C22H45NO.C3H6O3/c1-22(2)16-14-12-10-8-6-4-3-5-7-9-11-13-15-17-23-18-20-24-21-19-23;1-2(4)3(5)6/h22H,3-21H2,1-2H3;2,4H,1H3,(H,5,6). The third-order valence-corrected chi connectivity index (χ3v) is 5.72. The van der Waals surface area contributed by atoms with Gasteiger partial charge in [0.1, 0.15) is 6.10 Å². The minimum absolute atomic E-state index is 0.893. The zero-order valence-electron chi connectivity index (χ0n) is 20.2. The maximum Gasteiger partial charge on any atom is 0.332 e. The molecular formula is C25H51NO4. The molecule has 1 saturated heterocycles. The van der Waals surface area contributed by atoms with Crippen molar-refractivity contribution in [2.75, 3.05) is 32.8 Å². The van der Waals surface area contributed by atoms with Gasteiger partial charge in [0.25, 0.3) is 0 Å². The first-order valence-corrected chi connectivity index (χ1v) is 12.6. The summed E-state index contributed by atoms with van der Waals surface area (Å²) in [4.78, 5) is 12.0. The van der Waals surface area contributed by atoms with Gasteiger partial charge in [0.2, 0.25) is 0 Å². The lowest BCUT2D eigenvalue weighted by Gasteiger charge is -2.26. The lowest BCUT2D eigenvalue weighted by Crippen LogP contribution is -2.36. The molecule has 1 aliphatic rings. The van der Waals surface area contributed by atoms with Crippen molar-refractivity contribution in [2.24, 2.45) is 5.92 Å². The van der Waals surface area contributed by atoms with Crippen LogP contribution in [0.4, 0.5) is 0 Å². The van der Waals surface area contributed by atoms with Gasteiger partial charge in [-0.15, -0.1) is 0 Å². The van der Waals surface area contributed by atoms with Gasteiger partial charge in [0.15, 0.2) is 0 Å². The van der Waals surface area contributed by atoms with Crippen molar-refractivity contribution in [3.05, 3.63) is 0 Å². The summed E-state index contributed by atoms with van der Waals surface area (Å²) in [6, 6.07) is 0. The highest BCUT2D eigenvalue weighted by Crippen LogP contribution is 2.14. The smallest absolute Gasteiger partial charge is 0.332 e. The summed E-state index contributed by atoms with van der Waals surface area (Å²) < 4.78 is 5.39. The van der Waals surface area contributed by atoms with Gasteiger partial charge in [-0.3, -0.25) is 4.90 Å². The highest BCUT2D eigenvalue weighted by Gasteiger charge is 2.08. The Kier molecular flexibility index (Phi) is 21.1. The molecule has 180 valence electrons. The number of rotatable bonds is 17. The molecule has 1 rings (SSSR count). The van der Waals surface area contributed by atoms with Crippen molar-refractivity contribution in [1.29, 1.82) is 0 Å². The molecule has 1 unspecified atom stereocenters. The second-order valence-corrected chi connectivity index (χ2v) is 9.25. The monoisotopic (exact) mass is 429 g/mol. The molecule has 0 radical (unpaired) electrons. The number of morpholine rings is 1. The molecule has 0 aromatic rings. The van der Waals surface area contributed by atoms with Gasteiger partial charge in [0, 0.05) is 13.1 Å². The zero-order valence-corrected chi connectivity index (χ0v) is 20.2. The van der Waals surface area contributed by atoms with Crippen molar-refractivity contribution in [3.63, 3.8) is 0 Å². The molecule has 30 heavy (non-hydrogen) atoms. The van der Waals surface area contributed by atoms with Crippen molar-refractivity contribution in [1.82, 2.24) is 4.90 Å². The van der Waals surface area contributed by atoms with Crippen molar-refractivity contribution >= 4 is 5.97 Å². The van der Waals surface area contributed by atoms with E-state index in [4.69, 9.17) is 14.9 Å². The molecule has 0 aromatic heterocycles. The molecular weight excluding hydrogens is 378 g/mol. The largest absolute Gasteiger partial charge is 0.479 e. The highest BCUT2D eigenvalue weighted by atomic mass is 16.5. The molecule has 1 atom stereocenters. The van der Waals surface area contributed by atoms with Crippen molar-refractivity contribution in [3.8, 4) is 0 Å². The van der Waals surface area contributed by atoms with Crippen LogP contribution in [0.25, 0.3) is 0 Å². The number of aliphatic carboxylic acids is 1. The number of hydrogen-bond acceptors (Lipinski definition) is 4. The van der Waals surface area contributed by atoms with Gasteiger partial charge in [0.05, 0.1) is 13.2 Å². The normalized spacial score (nSPS) is 15.6. The van der Waals surface area contributed by atoms with Crippen LogP contribution in [0.3, 0.4) is 0 Å². The number of carboxylic acid groups (broad SMARTS) is 1. The number of aliphatic hydroxyl groups is 1. The second-order valence-electron chi connectivity index (χ2n) is 9.25. The lowest BCUT2D eigenvalue weighted by molar-refractivity contribution is -0.145. The molecule has 5 nitrogen and oxygen atoms in total. The van der Waals surface area contributed by atoms with Crippen LogP contribution in [-0.2, 0) is 9.53 Å². The van der Waals surface area contributed by atoms with Crippen LogP contribution in [0.15, 0.2) is 0 Å². The Hall–Kier alpha value is -0.650. The van der Waals surface area contributed by atoms with Crippen molar-refractivity contribution < 1.29 is 19.7 Å². The fourth-order valence-electron chi connectivity index (χ4n) is 3.66. The van der Waals surface area contributed by atoms with E-state index in [1.54, 1.807) is 0 Å². The number of carbonyl (C=O) groups is 1. The molecule has 2 N–H and O–H groups in total. The Labute approximate surface area is 186 Å². The SMILES string of the molecule is CC(C)CCCCCCCCCCCCCCCN1CCOCC1.CC(O)C(=O)O. The van der Waals surface area contributed by atoms with Gasteiger partial charge in [-0.25, -0.2) is 4.79 Å². The average molecular weight is 430 g/mol.